The summed E-state index contributed by atoms with van der Waals surface area (Å²) in [6.07, 6.45) is 4.41. The molecule has 2 N–H and O–H groups in total. The SMILES string of the molecule is CC1CN(CC(NC2CC2)(C(=O)O)C2CC2)CCN1C. The normalized spacial score (nSPS) is 32.0. The van der Waals surface area contributed by atoms with E-state index in [1.807, 2.05) is 0 Å². The van der Waals surface area contributed by atoms with Gasteiger partial charge < -0.3 is 10.0 Å². The van der Waals surface area contributed by atoms with E-state index in [-0.39, 0.29) is 0 Å². The summed E-state index contributed by atoms with van der Waals surface area (Å²) in [5.41, 5.74) is -0.698. The number of piperazine rings is 1. The molecule has 0 spiro atoms. The molecular formula is C15H27N3O2. The number of hydrogen-bond donors (Lipinski definition) is 2. The van der Waals surface area contributed by atoms with Gasteiger partial charge in [-0.2, -0.15) is 0 Å². The quantitative estimate of drug-likeness (QED) is 0.747. The number of rotatable bonds is 6. The molecule has 5 heteroatoms. The maximum atomic E-state index is 12.0. The fourth-order valence-corrected chi connectivity index (χ4v) is 3.38. The summed E-state index contributed by atoms with van der Waals surface area (Å²) in [5.74, 6) is -0.311. The van der Waals surface area contributed by atoms with E-state index >= 15 is 0 Å². The molecule has 114 valence electrons. The molecule has 20 heavy (non-hydrogen) atoms. The van der Waals surface area contributed by atoms with Crippen molar-refractivity contribution in [3.63, 3.8) is 0 Å². The number of nitrogens with one attached hydrogen (secondary N) is 1. The second kappa shape index (κ2) is 5.28. The van der Waals surface area contributed by atoms with Crippen LogP contribution in [0.4, 0.5) is 0 Å². The number of likely N-dealkylation sites (N-methyl/N-ethyl adjacent to an activating group) is 1. The van der Waals surface area contributed by atoms with Crippen LogP contribution in [0.3, 0.4) is 0 Å². The Balaban J connectivity index is 1.70. The molecule has 2 saturated carbocycles. The highest BCUT2D eigenvalue weighted by Crippen LogP contribution is 2.42. The zero-order chi connectivity index (χ0) is 14.3. The molecule has 1 saturated heterocycles. The van der Waals surface area contributed by atoms with Crippen molar-refractivity contribution >= 4 is 5.97 Å². The molecule has 3 rings (SSSR count). The van der Waals surface area contributed by atoms with Gasteiger partial charge in [-0.1, -0.05) is 0 Å². The minimum Gasteiger partial charge on any atom is -0.480 e. The number of hydrogen-bond acceptors (Lipinski definition) is 4. The van der Waals surface area contributed by atoms with Crippen molar-refractivity contribution < 1.29 is 9.90 Å². The molecule has 1 aliphatic heterocycles. The Morgan fingerprint density at radius 2 is 2.00 bits per heavy atom. The van der Waals surface area contributed by atoms with Gasteiger partial charge >= 0.3 is 5.97 Å². The third-order valence-corrected chi connectivity index (χ3v) is 5.21. The Kier molecular flexibility index (Phi) is 3.77. The number of aliphatic carboxylic acids is 1. The Bertz CT molecular complexity index is 381. The molecular weight excluding hydrogens is 254 g/mol. The fourth-order valence-electron chi connectivity index (χ4n) is 3.38. The molecule has 3 fully saturated rings. The first-order valence-corrected chi connectivity index (χ1v) is 7.95. The van der Waals surface area contributed by atoms with E-state index in [2.05, 4.69) is 29.1 Å². The van der Waals surface area contributed by atoms with Gasteiger partial charge in [0.2, 0.25) is 0 Å². The summed E-state index contributed by atoms with van der Waals surface area (Å²) in [6.45, 7) is 5.88. The highest BCUT2D eigenvalue weighted by Gasteiger charge is 2.54. The van der Waals surface area contributed by atoms with Crippen molar-refractivity contribution in [3.05, 3.63) is 0 Å². The maximum Gasteiger partial charge on any atom is 0.325 e. The van der Waals surface area contributed by atoms with Crippen molar-refractivity contribution in [2.75, 3.05) is 33.2 Å². The van der Waals surface area contributed by atoms with Crippen molar-refractivity contribution in [3.8, 4) is 0 Å². The zero-order valence-electron chi connectivity index (χ0n) is 12.6. The zero-order valence-corrected chi connectivity index (χ0v) is 12.6. The van der Waals surface area contributed by atoms with Gasteiger partial charge in [-0.25, -0.2) is 0 Å². The Labute approximate surface area is 121 Å². The van der Waals surface area contributed by atoms with E-state index in [0.717, 1.165) is 45.3 Å². The molecule has 1 heterocycles. The second-order valence-corrected chi connectivity index (χ2v) is 7.03. The van der Waals surface area contributed by atoms with E-state index in [9.17, 15) is 9.90 Å². The first kappa shape index (κ1) is 14.3. The highest BCUT2D eigenvalue weighted by molar-refractivity contribution is 5.80. The third kappa shape index (κ3) is 2.85. The second-order valence-electron chi connectivity index (χ2n) is 7.03. The molecule has 2 unspecified atom stereocenters. The van der Waals surface area contributed by atoms with Crippen molar-refractivity contribution in [2.24, 2.45) is 5.92 Å². The standard InChI is InChI=1S/C15H27N3O2/c1-11-9-18(8-7-17(11)2)10-15(14(19)20,12-3-4-12)16-13-5-6-13/h11-13,16H,3-10H2,1-2H3,(H,19,20). The lowest BCUT2D eigenvalue weighted by Gasteiger charge is -2.42. The van der Waals surface area contributed by atoms with Crippen LogP contribution in [-0.4, -0.2) is 71.7 Å². The van der Waals surface area contributed by atoms with E-state index in [1.165, 1.54) is 0 Å². The van der Waals surface area contributed by atoms with Gasteiger partial charge in [0.25, 0.3) is 0 Å². The van der Waals surface area contributed by atoms with Gasteiger partial charge in [0.15, 0.2) is 0 Å². The van der Waals surface area contributed by atoms with Gasteiger partial charge in [0.1, 0.15) is 5.54 Å². The van der Waals surface area contributed by atoms with Crippen LogP contribution in [0.25, 0.3) is 0 Å². The van der Waals surface area contributed by atoms with Crippen molar-refractivity contribution in [1.29, 1.82) is 0 Å². The minimum absolute atomic E-state index is 0.329. The topological polar surface area (TPSA) is 55.8 Å². The van der Waals surface area contributed by atoms with Crippen LogP contribution < -0.4 is 5.32 Å². The average Bonchev–Trinajstić information content (AvgIpc) is 3.25. The van der Waals surface area contributed by atoms with Crippen LogP contribution >= 0.6 is 0 Å². The molecule has 0 aromatic carbocycles. The van der Waals surface area contributed by atoms with Gasteiger partial charge in [-0.15, -0.1) is 0 Å². The van der Waals surface area contributed by atoms with Crippen molar-refractivity contribution in [1.82, 2.24) is 15.1 Å². The van der Waals surface area contributed by atoms with Crippen LogP contribution in [0.2, 0.25) is 0 Å². The largest absolute Gasteiger partial charge is 0.480 e. The smallest absolute Gasteiger partial charge is 0.325 e. The van der Waals surface area contributed by atoms with Gasteiger partial charge in [0, 0.05) is 38.3 Å². The fraction of sp³-hybridized carbons (Fsp3) is 0.933. The molecule has 5 nitrogen and oxygen atoms in total. The monoisotopic (exact) mass is 281 g/mol. The summed E-state index contributed by atoms with van der Waals surface area (Å²) in [4.78, 5) is 16.7. The molecule has 0 radical (unpaired) electrons. The molecule has 3 aliphatic rings. The summed E-state index contributed by atoms with van der Waals surface area (Å²) >= 11 is 0. The van der Waals surface area contributed by atoms with Crippen LogP contribution in [-0.2, 0) is 4.79 Å². The van der Waals surface area contributed by atoms with E-state index in [0.29, 0.717) is 24.5 Å². The van der Waals surface area contributed by atoms with Gasteiger partial charge in [0.05, 0.1) is 0 Å². The Morgan fingerprint density at radius 1 is 1.30 bits per heavy atom. The lowest BCUT2D eigenvalue weighted by atomic mass is 9.91. The number of carboxylic acids is 1. The first-order chi connectivity index (χ1) is 9.51. The van der Waals surface area contributed by atoms with E-state index < -0.39 is 11.5 Å². The van der Waals surface area contributed by atoms with Crippen LogP contribution in [0.5, 0.6) is 0 Å². The molecule has 0 aromatic heterocycles. The number of nitrogens with zero attached hydrogens (tertiary/aromatic N) is 2. The number of carboxylic acid groups (broad SMARTS) is 1. The van der Waals surface area contributed by atoms with Gasteiger partial charge in [-0.05, 0) is 45.6 Å². The third-order valence-electron chi connectivity index (χ3n) is 5.21. The van der Waals surface area contributed by atoms with E-state index in [4.69, 9.17) is 0 Å². The summed E-state index contributed by atoms with van der Waals surface area (Å²) in [6, 6.07) is 0.951. The Morgan fingerprint density at radius 3 is 2.50 bits per heavy atom. The van der Waals surface area contributed by atoms with Crippen LogP contribution in [0.15, 0.2) is 0 Å². The summed E-state index contributed by atoms with van der Waals surface area (Å²) in [5, 5.41) is 13.3. The predicted molar refractivity (Wildman–Crippen MR) is 77.8 cm³/mol. The maximum absolute atomic E-state index is 12.0. The molecule has 0 aromatic rings. The highest BCUT2D eigenvalue weighted by atomic mass is 16.4. The first-order valence-electron chi connectivity index (χ1n) is 7.95. The lowest BCUT2D eigenvalue weighted by Crippen LogP contribution is -2.64. The number of carbonyl (C=O) groups is 1. The lowest BCUT2D eigenvalue weighted by molar-refractivity contribution is -0.147. The molecule has 0 amide bonds. The van der Waals surface area contributed by atoms with Crippen LogP contribution in [0.1, 0.15) is 32.6 Å². The molecule has 2 aliphatic carbocycles. The summed E-state index contributed by atoms with van der Waals surface area (Å²) in [7, 11) is 2.15. The molecule has 0 bridgehead atoms. The predicted octanol–water partition coefficient (Wildman–Crippen LogP) is 0.608. The van der Waals surface area contributed by atoms with Crippen LogP contribution in [0, 0.1) is 5.92 Å². The van der Waals surface area contributed by atoms with Crippen molar-refractivity contribution in [2.45, 2.75) is 50.2 Å². The molecule has 2 atom stereocenters. The van der Waals surface area contributed by atoms with Gasteiger partial charge in [-0.3, -0.25) is 15.0 Å². The summed E-state index contributed by atoms with van der Waals surface area (Å²) < 4.78 is 0. The van der Waals surface area contributed by atoms with E-state index in [1.54, 1.807) is 0 Å². The Hall–Kier alpha value is -0.650. The minimum atomic E-state index is -0.698. The average molecular weight is 281 g/mol.